The van der Waals surface area contributed by atoms with Gasteiger partial charge in [-0.3, -0.25) is 22.7 Å². The number of aromatic nitrogens is 8. The molecule has 0 spiro atoms. The number of alkyl halides is 2. The van der Waals surface area contributed by atoms with Crippen LogP contribution in [0.2, 0.25) is 10.6 Å². The first-order valence-electron chi connectivity index (χ1n) is 38.9. The molecular formula is C72H128Cl2F2N8O17P2S2. The maximum Gasteiger partial charge on any atom is 0.472 e. The average Bonchev–Trinajstić information content (AvgIpc) is 1.63. The zero-order chi connectivity index (χ0) is 76.5. The van der Waals surface area contributed by atoms with Crippen molar-refractivity contribution in [3.63, 3.8) is 0 Å². The Kier molecular flexibility index (Phi) is 51.6. The lowest BCUT2D eigenvalue weighted by Gasteiger charge is -2.21. The highest BCUT2D eigenvalue weighted by Crippen LogP contribution is 2.46. The van der Waals surface area contributed by atoms with Crippen molar-refractivity contribution < 1.29 is 89.9 Å². The number of aliphatic hydroxyl groups is 3. The number of phosphoric acid groups is 2. The van der Waals surface area contributed by atoms with Gasteiger partial charge in [-0.05, 0) is 60.4 Å². The number of aliphatic hydroxyl groups excluding tert-OH is 3. The van der Waals surface area contributed by atoms with E-state index < -0.39 is 84.2 Å². The molecule has 33 heteroatoms. The van der Waals surface area contributed by atoms with Crippen LogP contribution in [0.25, 0.3) is 22.3 Å². The Morgan fingerprint density at radius 3 is 1.17 bits per heavy atom. The van der Waals surface area contributed by atoms with Crippen molar-refractivity contribution >= 4 is 84.7 Å². The smallest absolute Gasteiger partial charge is 0.472 e. The average molecular weight is 1610 g/mol. The zero-order valence-corrected chi connectivity index (χ0v) is 68.4. The fraction of sp³-hybridized carbons (Fsp3) is 0.861. The molecule has 6 heterocycles. The first kappa shape index (κ1) is 95.2. The van der Waals surface area contributed by atoms with Crippen LogP contribution in [-0.4, -0.2) is 195 Å². The van der Waals surface area contributed by atoms with Crippen LogP contribution in [0.15, 0.2) is 12.7 Å². The molecule has 6 rings (SSSR count). The molecule has 0 aliphatic carbocycles. The van der Waals surface area contributed by atoms with Gasteiger partial charge in [0.15, 0.2) is 47.1 Å². The number of halogens is 4. The summed E-state index contributed by atoms with van der Waals surface area (Å²) in [7, 11) is -6.25. The van der Waals surface area contributed by atoms with Crippen LogP contribution in [-0.2, 0) is 41.6 Å². The van der Waals surface area contributed by atoms with Gasteiger partial charge in [-0.1, -0.05) is 233 Å². The minimum absolute atomic E-state index is 0.0354. The SMILES string of the molecule is CCCCCCCCCCCCSCC(COP(=O)(O)O)OCCCCCCCCCC.CCCCCCCCCCCCSCC(COP(=O)(O)OC[C@H]1O[C@@H](n2cnc3c(OC)nc(Cl)nc32)[C@H](F)C1O)OCCCCCCCCCC.COc1nc(Cl)nc2c1ncn2[C@@H]1O[C@H](CO)C(O)[C@H]1F. The number of rotatable bonds is 60. The van der Waals surface area contributed by atoms with Crippen molar-refractivity contribution in [2.45, 2.75) is 320 Å². The third kappa shape index (κ3) is 38.7. The van der Waals surface area contributed by atoms with E-state index in [-0.39, 0.29) is 58.5 Å². The number of nitrogens with zero attached hydrogens (tertiary/aromatic N) is 8. The number of fused-ring (bicyclic) bond motifs is 2. The second kappa shape index (κ2) is 56.9. The van der Waals surface area contributed by atoms with Gasteiger partial charge in [0.05, 0.1) is 65.5 Å². The molecule has 0 bridgehead atoms. The number of ether oxygens (including phenoxy) is 6. The molecule has 0 aromatic carbocycles. The molecule has 0 radical (unpaired) electrons. The molecular weight excluding hydrogens is 1480 g/mol. The number of methoxy groups -OCH3 is 2. The van der Waals surface area contributed by atoms with E-state index >= 15 is 4.39 Å². The molecule has 0 saturated carbocycles. The first-order valence-corrected chi connectivity index (χ1v) is 45.0. The van der Waals surface area contributed by atoms with Crippen LogP contribution in [0.1, 0.15) is 271 Å². The van der Waals surface area contributed by atoms with Crippen molar-refractivity contribution in [1.82, 2.24) is 39.0 Å². The van der Waals surface area contributed by atoms with E-state index in [0.717, 1.165) is 49.4 Å². The summed E-state index contributed by atoms with van der Waals surface area (Å²) in [4.78, 5) is 52.6. The molecule has 105 heavy (non-hydrogen) atoms. The molecule has 2 fully saturated rings. The van der Waals surface area contributed by atoms with Gasteiger partial charge in [-0.15, -0.1) is 0 Å². The molecule has 4 aromatic rings. The monoisotopic (exact) mass is 1610 g/mol. The molecule has 2 saturated heterocycles. The molecule has 2 aliphatic heterocycles. The highest BCUT2D eigenvalue weighted by atomic mass is 35.5. The molecule has 608 valence electrons. The van der Waals surface area contributed by atoms with E-state index in [1.165, 1.54) is 235 Å². The van der Waals surface area contributed by atoms with Gasteiger partial charge in [-0.25, -0.2) is 27.9 Å². The van der Waals surface area contributed by atoms with Crippen molar-refractivity contribution in [1.29, 1.82) is 0 Å². The molecule has 6 N–H and O–H groups in total. The van der Waals surface area contributed by atoms with Crippen LogP contribution in [0.4, 0.5) is 8.78 Å². The van der Waals surface area contributed by atoms with Crippen LogP contribution in [0.5, 0.6) is 11.8 Å². The van der Waals surface area contributed by atoms with E-state index in [1.54, 1.807) is 11.8 Å². The standard InChI is InChI=1S/C36H63ClFN4O8PS.C25H53O5PS.C11H12ClFN4O4/c1-4-6-8-10-12-14-15-17-19-21-23-52-26-28(47-22-20-18-16-13-11-9-7-5-2)24-48-51(44,45)49-25-29-32(43)30(38)35(50-29)42-27-39-31-33(42)40-36(37)41-34(31)46-3;1-3-5-7-9-11-13-14-16-18-20-22-32-24-25(23-30-31(26,27)28)29-21-19-17-15-12-10-8-6-4-2;1-20-9-6-8(15-11(12)16-9)17(3-14-6)10-5(13)7(19)4(2-18)21-10/h27-30,32,35,43H,4-26H2,1-3H3,(H,44,45);25H,3-24H2,1-2H3,(H2,26,27,28);3-5,7,10,18-19H,2H2,1H3/t28?,29-,30-,32?,35-;;4-,5-,7?,10-/m1.1/s1. The normalized spacial score (nSPS) is 20.1. The summed E-state index contributed by atoms with van der Waals surface area (Å²) in [5.41, 5.74) is 0.870. The Bertz CT molecular complexity index is 2970. The van der Waals surface area contributed by atoms with Crippen LogP contribution in [0, 0.1) is 0 Å². The summed E-state index contributed by atoms with van der Waals surface area (Å²) in [6.07, 6.45) is 36.0. The molecule has 25 nitrogen and oxygen atoms in total. The third-order valence-electron chi connectivity index (χ3n) is 18.3. The highest BCUT2D eigenvalue weighted by molar-refractivity contribution is 7.99. The fourth-order valence-corrected chi connectivity index (χ4v) is 15.7. The van der Waals surface area contributed by atoms with Gasteiger partial charge in [0.1, 0.15) is 24.4 Å². The lowest BCUT2D eigenvalue weighted by molar-refractivity contribution is -0.0484. The summed E-state index contributed by atoms with van der Waals surface area (Å²) < 4.78 is 104. The van der Waals surface area contributed by atoms with E-state index in [9.17, 15) is 28.6 Å². The molecule has 11 atom stereocenters. The number of thioether (sulfide) groups is 2. The first-order chi connectivity index (χ1) is 50.8. The Balaban J connectivity index is 0.000000371. The summed E-state index contributed by atoms with van der Waals surface area (Å²) in [6, 6.07) is 0. The lowest BCUT2D eigenvalue weighted by Crippen LogP contribution is -2.31. The minimum atomic E-state index is -4.59. The van der Waals surface area contributed by atoms with Crippen LogP contribution in [0.3, 0.4) is 0 Å². The molecule has 4 aromatic heterocycles. The van der Waals surface area contributed by atoms with Gasteiger partial charge in [0, 0.05) is 24.7 Å². The van der Waals surface area contributed by atoms with Gasteiger partial charge in [-0.2, -0.15) is 43.5 Å². The van der Waals surface area contributed by atoms with Crippen LogP contribution < -0.4 is 9.47 Å². The minimum Gasteiger partial charge on any atom is -0.479 e. The molecule has 0 amide bonds. The van der Waals surface area contributed by atoms with Gasteiger partial charge in [0.2, 0.25) is 22.3 Å². The highest BCUT2D eigenvalue weighted by Gasteiger charge is 2.48. The third-order valence-corrected chi connectivity index (χ3v) is 22.4. The van der Waals surface area contributed by atoms with Crippen molar-refractivity contribution in [3.8, 4) is 11.8 Å². The zero-order valence-electron chi connectivity index (χ0n) is 63.4. The Morgan fingerprint density at radius 1 is 0.495 bits per heavy atom. The number of phosphoric ester groups is 2. The summed E-state index contributed by atoms with van der Waals surface area (Å²) in [5, 5.41) is 29.1. The van der Waals surface area contributed by atoms with Gasteiger partial charge < -0.3 is 58.4 Å². The van der Waals surface area contributed by atoms with Crippen molar-refractivity contribution in [2.24, 2.45) is 0 Å². The molecule has 5 unspecified atom stereocenters. The molecule has 2 aliphatic rings. The second-order valence-electron chi connectivity index (χ2n) is 27.1. The summed E-state index contributed by atoms with van der Waals surface area (Å²) >= 11 is 15.4. The Labute approximate surface area is 642 Å². The van der Waals surface area contributed by atoms with Gasteiger partial charge >= 0.3 is 15.6 Å². The van der Waals surface area contributed by atoms with E-state index in [2.05, 4.69) is 57.6 Å². The van der Waals surface area contributed by atoms with E-state index in [1.807, 2.05) is 11.8 Å². The predicted molar refractivity (Wildman–Crippen MR) is 413 cm³/mol. The number of hydrogen-bond acceptors (Lipinski definition) is 22. The summed E-state index contributed by atoms with van der Waals surface area (Å²) in [5.74, 6) is 3.66. The van der Waals surface area contributed by atoms with Crippen molar-refractivity contribution in [2.75, 3.05) is 76.9 Å². The topological polar surface area (TPSA) is 326 Å². The predicted octanol–water partition coefficient (Wildman–Crippen LogP) is 17.8. The Morgan fingerprint density at radius 2 is 0.829 bits per heavy atom. The van der Waals surface area contributed by atoms with E-state index in [4.69, 9.17) is 80.1 Å². The van der Waals surface area contributed by atoms with Crippen molar-refractivity contribution in [3.05, 3.63) is 23.2 Å². The number of unbranched alkanes of at least 4 members (excludes halogenated alkanes) is 32. The number of hydrogen-bond donors (Lipinski definition) is 6. The van der Waals surface area contributed by atoms with Gasteiger partial charge in [0.25, 0.3) is 0 Å². The maximum absolute atomic E-state index is 15.3. The lowest BCUT2D eigenvalue weighted by atomic mass is 10.1. The fourth-order valence-electron chi connectivity index (χ4n) is 12.2. The number of imidazole rings is 2. The maximum atomic E-state index is 15.3. The largest absolute Gasteiger partial charge is 0.479 e. The van der Waals surface area contributed by atoms with Crippen LogP contribution >= 0.6 is 62.4 Å². The Hall–Kier alpha value is -2.22. The summed E-state index contributed by atoms with van der Waals surface area (Å²) in [6.45, 7) is 8.89. The van der Waals surface area contributed by atoms with E-state index in [0.29, 0.717) is 24.5 Å². The quantitative estimate of drug-likeness (QED) is 0.0136. The second-order valence-corrected chi connectivity index (χ2v) is 32.8.